The predicted molar refractivity (Wildman–Crippen MR) is 118 cm³/mol. The summed E-state index contributed by atoms with van der Waals surface area (Å²) in [6.07, 6.45) is 9.42. The van der Waals surface area contributed by atoms with Crippen LogP contribution in [0, 0.1) is 0 Å². The zero-order chi connectivity index (χ0) is 20.2. The van der Waals surface area contributed by atoms with Gasteiger partial charge in [0.25, 0.3) is 0 Å². The smallest absolute Gasteiger partial charge is 0.191 e. The van der Waals surface area contributed by atoms with Gasteiger partial charge in [-0.15, -0.1) is 0 Å². The van der Waals surface area contributed by atoms with E-state index in [1.54, 1.807) is 0 Å². The Labute approximate surface area is 175 Å². The predicted octanol–water partition coefficient (Wildman–Crippen LogP) is 2.71. The molecule has 1 unspecified atom stereocenters. The molecule has 2 aliphatic heterocycles. The fourth-order valence-corrected chi connectivity index (χ4v) is 3.68. The van der Waals surface area contributed by atoms with Crippen molar-refractivity contribution in [1.82, 2.24) is 15.6 Å². The molecule has 2 N–H and O–H groups in total. The van der Waals surface area contributed by atoms with Crippen LogP contribution in [0.4, 0.5) is 5.82 Å². The third kappa shape index (κ3) is 7.82. The minimum Gasteiger partial charge on any atom is -0.379 e. The number of pyridine rings is 1. The van der Waals surface area contributed by atoms with Crippen molar-refractivity contribution in [3.63, 3.8) is 0 Å². The highest BCUT2D eigenvalue weighted by Crippen LogP contribution is 2.17. The maximum atomic E-state index is 5.81. The number of rotatable bonds is 9. The Morgan fingerprint density at radius 2 is 2.10 bits per heavy atom. The summed E-state index contributed by atoms with van der Waals surface area (Å²) in [5, 5.41) is 6.69. The third-order valence-electron chi connectivity index (χ3n) is 5.36. The van der Waals surface area contributed by atoms with Gasteiger partial charge in [-0.25, -0.2) is 9.98 Å². The first-order valence-electron chi connectivity index (χ1n) is 11.3. The second kappa shape index (κ2) is 12.6. The van der Waals surface area contributed by atoms with E-state index < -0.39 is 0 Å². The molecule has 3 heterocycles. The van der Waals surface area contributed by atoms with Crippen LogP contribution in [0.5, 0.6) is 0 Å². The molecule has 2 aliphatic rings. The molecule has 1 aromatic heterocycles. The Balaban J connectivity index is 1.41. The summed E-state index contributed by atoms with van der Waals surface area (Å²) in [5.74, 6) is 1.94. The lowest BCUT2D eigenvalue weighted by Gasteiger charge is -2.21. The molecule has 0 bridgehead atoms. The van der Waals surface area contributed by atoms with Crippen molar-refractivity contribution in [1.29, 1.82) is 0 Å². The van der Waals surface area contributed by atoms with Crippen molar-refractivity contribution in [2.75, 3.05) is 50.9 Å². The van der Waals surface area contributed by atoms with E-state index in [9.17, 15) is 0 Å². The topological polar surface area (TPSA) is 71.0 Å². The van der Waals surface area contributed by atoms with E-state index in [2.05, 4.69) is 39.6 Å². The molecule has 1 aromatic rings. The summed E-state index contributed by atoms with van der Waals surface area (Å²) in [6.45, 7) is 8.95. The van der Waals surface area contributed by atoms with Crippen molar-refractivity contribution in [3.8, 4) is 0 Å². The highest BCUT2D eigenvalue weighted by atomic mass is 16.5. The molecule has 0 saturated carbocycles. The van der Waals surface area contributed by atoms with Crippen molar-refractivity contribution in [3.05, 3.63) is 23.9 Å². The van der Waals surface area contributed by atoms with E-state index in [4.69, 9.17) is 14.5 Å². The number of anilines is 1. The summed E-state index contributed by atoms with van der Waals surface area (Å²) in [4.78, 5) is 11.8. The minimum atomic E-state index is 0.279. The number of ether oxygens (including phenoxy) is 2. The molecule has 1 atom stereocenters. The average molecular weight is 404 g/mol. The van der Waals surface area contributed by atoms with Crippen molar-refractivity contribution in [2.24, 2.45) is 4.99 Å². The molecule has 0 aromatic carbocycles. The normalized spacial score (nSPS) is 20.5. The van der Waals surface area contributed by atoms with Crippen LogP contribution in [0.3, 0.4) is 0 Å². The van der Waals surface area contributed by atoms with Gasteiger partial charge in [-0.05, 0) is 44.2 Å². The summed E-state index contributed by atoms with van der Waals surface area (Å²) in [6, 6.07) is 4.29. The molecule has 0 amide bonds. The Hall–Kier alpha value is -1.86. The molecule has 3 rings (SSSR count). The molecule has 0 aliphatic carbocycles. The molecule has 2 fully saturated rings. The van der Waals surface area contributed by atoms with Crippen LogP contribution in [0.25, 0.3) is 0 Å². The number of hydrogen-bond donors (Lipinski definition) is 2. The average Bonchev–Trinajstić information content (AvgIpc) is 3.12. The fourth-order valence-electron chi connectivity index (χ4n) is 3.68. The first-order valence-corrected chi connectivity index (χ1v) is 11.3. The van der Waals surface area contributed by atoms with E-state index in [1.165, 1.54) is 25.7 Å². The number of guanidine groups is 1. The van der Waals surface area contributed by atoms with E-state index >= 15 is 0 Å². The van der Waals surface area contributed by atoms with E-state index in [1.807, 2.05) is 6.20 Å². The highest BCUT2D eigenvalue weighted by molar-refractivity contribution is 5.79. The first kappa shape index (κ1) is 21.8. The molecule has 7 nitrogen and oxygen atoms in total. The van der Waals surface area contributed by atoms with Gasteiger partial charge >= 0.3 is 0 Å². The molecule has 0 radical (unpaired) electrons. The largest absolute Gasteiger partial charge is 0.379 e. The molecule has 0 spiro atoms. The third-order valence-corrected chi connectivity index (χ3v) is 5.36. The summed E-state index contributed by atoms with van der Waals surface area (Å²) in [5.41, 5.74) is 1.13. The molecule has 7 heteroatoms. The lowest BCUT2D eigenvalue weighted by atomic mass is 10.2. The summed E-state index contributed by atoms with van der Waals surface area (Å²) < 4.78 is 11.1. The highest BCUT2D eigenvalue weighted by Gasteiger charge is 2.15. The first-order chi connectivity index (χ1) is 14.3. The van der Waals surface area contributed by atoms with E-state index in [-0.39, 0.29) is 6.10 Å². The molecular weight excluding hydrogens is 366 g/mol. The van der Waals surface area contributed by atoms with Gasteiger partial charge in [0.1, 0.15) is 5.82 Å². The Kier molecular flexibility index (Phi) is 9.53. The monoisotopic (exact) mass is 403 g/mol. The maximum Gasteiger partial charge on any atom is 0.191 e. The van der Waals surface area contributed by atoms with Gasteiger partial charge < -0.3 is 25.0 Å². The second-order valence-corrected chi connectivity index (χ2v) is 7.76. The minimum absolute atomic E-state index is 0.279. The van der Waals surface area contributed by atoms with Gasteiger partial charge in [0, 0.05) is 45.6 Å². The second-order valence-electron chi connectivity index (χ2n) is 7.76. The molecular formula is C22H37N5O2. The van der Waals surface area contributed by atoms with Gasteiger partial charge in [-0.1, -0.05) is 18.9 Å². The zero-order valence-electron chi connectivity index (χ0n) is 17.9. The Morgan fingerprint density at radius 1 is 1.24 bits per heavy atom. The maximum absolute atomic E-state index is 5.81. The van der Waals surface area contributed by atoms with Gasteiger partial charge in [0.05, 0.1) is 19.3 Å². The van der Waals surface area contributed by atoms with Crippen molar-refractivity contribution >= 4 is 11.8 Å². The lowest BCUT2D eigenvalue weighted by molar-refractivity contribution is 0.0420. The van der Waals surface area contributed by atoms with Crippen LogP contribution < -0.4 is 15.5 Å². The van der Waals surface area contributed by atoms with Crippen LogP contribution in [0.1, 0.15) is 51.0 Å². The lowest BCUT2D eigenvalue weighted by Crippen LogP contribution is -2.38. The van der Waals surface area contributed by atoms with Gasteiger partial charge in [-0.2, -0.15) is 0 Å². The van der Waals surface area contributed by atoms with E-state index in [0.29, 0.717) is 6.54 Å². The molecule has 2 saturated heterocycles. The zero-order valence-corrected chi connectivity index (χ0v) is 17.9. The molecule has 29 heavy (non-hydrogen) atoms. The quantitative estimate of drug-likeness (QED) is 0.375. The van der Waals surface area contributed by atoms with Crippen LogP contribution in [-0.2, 0) is 16.0 Å². The van der Waals surface area contributed by atoms with Gasteiger partial charge in [0.2, 0.25) is 0 Å². The van der Waals surface area contributed by atoms with E-state index in [0.717, 1.165) is 76.2 Å². The number of aromatic nitrogens is 1. The van der Waals surface area contributed by atoms with Gasteiger partial charge in [-0.3, -0.25) is 0 Å². The number of nitrogens with zero attached hydrogens (tertiary/aromatic N) is 3. The number of hydrogen-bond acceptors (Lipinski definition) is 5. The van der Waals surface area contributed by atoms with Crippen LogP contribution in [0.15, 0.2) is 23.3 Å². The van der Waals surface area contributed by atoms with Crippen LogP contribution in [0.2, 0.25) is 0 Å². The fraction of sp³-hybridized carbons (Fsp3) is 0.727. The Bertz CT molecular complexity index is 594. The standard InChI is InChI=1S/C22H37N5O2/c1-2-23-22(24-11-7-14-29-20-10-15-28-18-20)26-17-19-8-9-21(25-16-19)27-12-5-3-4-6-13-27/h8-9,16,20H,2-7,10-15,17-18H2,1H3,(H2,23,24,26). The number of aliphatic imine (C=N–C) groups is 1. The summed E-state index contributed by atoms with van der Waals surface area (Å²) >= 11 is 0. The Morgan fingerprint density at radius 3 is 2.79 bits per heavy atom. The van der Waals surface area contributed by atoms with Crippen LogP contribution >= 0.6 is 0 Å². The van der Waals surface area contributed by atoms with Crippen molar-refractivity contribution in [2.45, 2.75) is 58.1 Å². The van der Waals surface area contributed by atoms with Crippen LogP contribution in [-0.4, -0.2) is 63.0 Å². The summed E-state index contributed by atoms with van der Waals surface area (Å²) in [7, 11) is 0. The number of nitrogens with one attached hydrogen (secondary N) is 2. The SMILES string of the molecule is CCNC(=NCc1ccc(N2CCCCCC2)nc1)NCCCOC1CCOC1. The van der Waals surface area contributed by atoms with Crippen molar-refractivity contribution < 1.29 is 9.47 Å². The van der Waals surface area contributed by atoms with Gasteiger partial charge in [0.15, 0.2) is 5.96 Å². The molecule has 162 valence electrons.